The third kappa shape index (κ3) is 6.23. The zero-order chi connectivity index (χ0) is 15.0. The zero-order valence-corrected chi connectivity index (χ0v) is 13.4. The van der Waals surface area contributed by atoms with Crippen LogP contribution in [0.1, 0.15) is 59.3 Å². The van der Waals surface area contributed by atoms with Gasteiger partial charge in [-0.2, -0.15) is 0 Å². The van der Waals surface area contributed by atoms with Crippen LogP contribution >= 0.6 is 0 Å². The molecule has 4 heteroatoms. The van der Waals surface area contributed by atoms with Crippen LogP contribution in [0.2, 0.25) is 0 Å². The smallest absolute Gasteiger partial charge is 0.310 e. The highest BCUT2D eigenvalue weighted by molar-refractivity contribution is 5.71. The molecule has 0 amide bonds. The second-order valence-corrected chi connectivity index (χ2v) is 6.44. The second-order valence-electron chi connectivity index (χ2n) is 6.44. The van der Waals surface area contributed by atoms with Crippen LogP contribution in [-0.4, -0.2) is 32.6 Å². The van der Waals surface area contributed by atoms with E-state index >= 15 is 0 Å². The van der Waals surface area contributed by atoms with Gasteiger partial charge in [0.25, 0.3) is 0 Å². The Balaban J connectivity index is 2.41. The van der Waals surface area contributed by atoms with Gasteiger partial charge in [-0.1, -0.05) is 33.6 Å². The highest BCUT2D eigenvalue weighted by Crippen LogP contribution is 2.41. The highest BCUT2D eigenvalue weighted by atomic mass is 16.7. The van der Waals surface area contributed by atoms with Gasteiger partial charge in [-0.25, -0.2) is 0 Å². The summed E-state index contributed by atoms with van der Waals surface area (Å²) in [7, 11) is 1.64. The largest absolute Gasteiger partial charge is 0.436 e. The molecular formula is C16H30O4. The zero-order valence-electron chi connectivity index (χ0n) is 13.4. The maximum Gasteiger partial charge on any atom is 0.310 e. The standard InChI is InChI=1S/C16H30O4/c1-13(2)15(17)20-14(19-12-11-18-4)7-10-16(3)8-5-6-9-16/h13-14H,5-12H2,1-4H3. The third-order valence-electron chi connectivity index (χ3n) is 4.10. The molecule has 118 valence electrons. The molecule has 1 unspecified atom stereocenters. The summed E-state index contributed by atoms with van der Waals surface area (Å²) in [5.41, 5.74) is 0.396. The lowest BCUT2D eigenvalue weighted by atomic mass is 9.84. The molecule has 4 nitrogen and oxygen atoms in total. The van der Waals surface area contributed by atoms with Crippen LogP contribution in [-0.2, 0) is 19.0 Å². The number of rotatable bonds is 9. The highest BCUT2D eigenvalue weighted by Gasteiger charge is 2.30. The van der Waals surface area contributed by atoms with Crippen molar-refractivity contribution in [1.29, 1.82) is 0 Å². The molecule has 0 N–H and O–H groups in total. The van der Waals surface area contributed by atoms with E-state index in [9.17, 15) is 4.79 Å². The van der Waals surface area contributed by atoms with Crippen molar-refractivity contribution < 1.29 is 19.0 Å². The van der Waals surface area contributed by atoms with Gasteiger partial charge in [0.15, 0.2) is 0 Å². The summed E-state index contributed by atoms with van der Waals surface area (Å²) in [6.45, 7) is 6.99. The number of esters is 1. The van der Waals surface area contributed by atoms with Gasteiger partial charge in [0, 0.05) is 13.5 Å². The van der Waals surface area contributed by atoms with Gasteiger partial charge in [-0.15, -0.1) is 0 Å². The number of hydrogen-bond donors (Lipinski definition) is 0. The van der Waals surface area contributed by atoms with Gasteiger partial charge in [-0.05, 0) is 24.7 Å². The number of carbonyl (C=O) groups is 1. The molecule has 20 heavy (non-hydrogen) atoms. The van der Waals surface area contributed by atoms with Crippen molar-refractivity contribution in [1.82, 2.24) is 0 Å². The third-order valence-corrected chi connectivity index (χ3v) is 4.10. The van der Waals surface area contributed by atoms with Crippen LogP contribution in [0, 0.1) is 11.3 Å². The number of hydrogen-bond acceptors (Lipinski definition) is 4. The van der Waals surface area contributed by atoms with Crippen molar-refractivity contribution in [2.24, 2.45) is 11.3 Å². The fourth-order valence-corrected chi connectivity index (χ4v) is 2.65. The first-order chi connectivity index (χ1) is 9.47. The van der Waals surface area contributed by atoms with Crippen molar-refractivity contribution in [3.05, 3.63) is 0 Å². The van der Waals surface area contributed by atoms with E-state index in [0.29, 0.717) is 18.6 Å². The van der Waals surface area contributed by atoms with Crippen molar-refractivity contribution in [2.45, 2.75) is 65.6 Å². The minimum atomic E-state index is -0.433. The average Bonchev–Trinajstić information content (AvgIpc) is 2.83. The Morgan fingerprint density at radius 3 is 2.40 bits per heavy atom. The fraction of sp³-hybridized carbons (Fsp3) is 0.938. The number of methoxy groups -OCH3 is 1. The van der Waals surface area contributed by atoms with Crippen LogP contribution < -0.4 is 0 Å². The van der Waals surface area contributed by atoms with Crippen molar-refractivity contribution in [2.75, 3.05) is 20.3 Å². The monoisotopic (exact) mass is 286 g/mol. The Morgan fingerprint density at radius 1 is 1.20 bits per heavy atom. The van der Waals surface area contributed by atoms with E-state index in [1.54, 1.807) is 7.11 Å². The van der Waals surface area contributed by atoms with E-state index in [4.69, 9.17) is 14.2 Å². The van der Waals surface area contributed by atoms with Crippen molar-refractivity contribution >= 4 is 5.97 Å². The SMILES string of the molecule is COCCOC(CCC1(C)CCCC1)OC(=O)C(C)C. The Morgan fingerprint density at radius 2 is 1.85 bits per heavy atom. The van der Waals surface area contributed by atoms with Gasteiger partial charge in [-0.3, -0.25) is 4.79 Å². The Bertz CT molecular complexity index is 282. The summed E-state index contributed by atoms with van der Waals surface area (Å²) < 4.78 is 16.1. The number of carbonyl (C=O) groups excluding carboxylic acids is 1. The lowest BCUT2D eigenvalue weighted by Crippen LogP contribution is -2.27. The Labute approximate surface area is 123 Å². The molecule has 0 aromatic heterocycles. The molecule has 0 saturated heterocycles. The van der Waals surface area contributed by atoms with E-state index in [-0.39, 0.29) is 11.9 Å². The van der Waals surface area contributed by atoms with Gasteiger partial charge in [0.1, 0.15) is 0 Å². The summed E-state index contributed by atoms with van der Waals surface area (Å²) in [4.78, 5) is 11.7. The molecule has 1 aliphatic rings. The van der Waals surface area contributed by atoms with Crippen LogP contribution in [0.25, 0.3) is 0 Å². The number of ether oxygens (including phenoxy) is 3. The molecular weight excluding hydrogens is 256 g/mol. The second kappa shape index (κ2) is 8.63. The predicted molar refractivity (Wildman–Crippen MR) is 78.4 cm³/mol. The lowest BCUT2D eigenvalue weighted by molar-refractivity contribution is -0.187. The summed E-state index contributed by atoms with van der Waals surface area (Å²) in [6.07, 6.45) is 6.58. The first kappa shape index (κ1) is 17.4. The van der Waals surface area contributed by atoms with E-state index < -0.39 is 6.29 Å². The van der Waals surface area contributed by atoms with Crippen LogP contribution in [0.3, 0.4) is 0 Å². The molecule has 0 bridgehead atoms. The normalized spacial score (nSPS) is 19.2. The first-order valence-corrected chi connectivity index (χ1v) is 7.78. The first-order valence-electron chi connectivity index (χ1n) is 7.78. The molecule has 0 aromatic rings. The lowest BCUT2D eigenvalue weighted by Gasteiger charge is -2.26. The Kier molecular flexibility index (Phi) is 7.52. The molecule has 0 radical (unpaired) electrons. The Hall–Kier alpha value is -0.610. The topological polar surface area (TPSA) is 44.8 Å². The van der Waals surface area contributed by atoms with Crippen LogP contribution in [0.4, 0.5) is 0 Å². The molecule has 0 spiro atoms. The van der Waals surface area contributed by atoms with Crippen molar-refractivity contribution in [3.8, 4) is 0 Å². The van der Waals surface area contributed by atoms with Gasteiger partial charge in [0.2, 0.25) is 6.29 Å². The van der Waals surface area contributed by atoms with Gasteiger partial charge in [0.05, 0.1) is 19.1 Å². The molecule has 0 aliphatic heterocycles. The van der Waals surface area contributed by atoms with E-state index in [2.05, 4.69) is 6.92 Å². The summed E-state index contributed by atoms with van der Waals surface area (Å²) in [5, 5.41) is 0. The summed E-state index contributed by atoms with van der Waals surface area (Å²) in [6, 6.07) is 0. The van der Waals surface area contributed by atoms with Crippen molar-refractivity contribution in [3.63, 3.8) is 0 Å². The van der Waals surface area contributed by atoms with E-state index in [1.165, 1.54) is 25.7 Å². The van der Waals surface area contributed by atoms with E-state index in [1.807, 2.05) is 13.8 Å². The molecule has 0 aromatic carbocycles. The minimum Gasteiger partial charge on any atom is -0.436 e. The maximum absolute atomic E-state index is 11.7. The van der Waals surface area contributed by atoms with Gasteiger partial charge >= 0.3 is 5.97 Å². The summed E-state index contributed by atoms with van der Waals surface area (Å²) >= 11 is 0. The summed E-state index contributed by atoms with van der Waals surface area (Å²) in [5.74, 6) is -0.311. The van der Waals surface area contributed by atoms with Crippen LogP contribution in [0.15, 0.2) is 0 Å². The molecule has 1 saturated carbocycles. The maximum atomic E-state index is 11.7. The molecule has 0 heterocycles. The minimum absolute atomic E-state index is 0.120. The molecule has 1 atom stereocenters. The molecule has 1 aliphatic carbocycles. The molecule has 1 rings (SSSR count). The van der Waals surface area contributed by atoms with E-state index in [0.717, 1.165) is 12.8 Å². The van der Waals surface area contributed by atoms with Crippen LogP contribution in [0.5, 0.6) is 0 Å². The quantitative estimate of drug-likeness (QED) is 0.369. The average molecular weight is 286 g/mol. The predicted octanol–water partition coefficient (Wildman–Crippen LogP) is 3.54. The van der Waals surface area contributed by atoms with Gasteiger partial charge < -0.3 is 14.2 Å². The molecule has 1 fully saturated rings. The fourth-order valence-electron chi connectivity index (χ4n) is 2.65.